The van der Waals surface area contributed by atoms with Gasteiger partial charge in [-0.2, -0.15) is 0 Å². The van der Waals surface area contributed by atoms with Crippen molar-refractivity contribution in [3.05, 3.63) is 90.4 Å². The largest absolute Gasteiger partial charge is 0.573 e. The highest BCUT2D eigenvalue weighted by Crippen LogP contribution is 2.26. The molecule has 1 aliphatic heterocycles. The summed E-state index contributed by atoms with van der Waals surface area (Å²) in [6, 6.07) is 13.3. The summed E-state index contributed by atoms with van der Waals surface area (Å²) in [7, 11) is 1.62. The van der Waals surface area contributed by atoms with E-state index in [-0.39, 0.29) is 5.75 Å². The van der Waals surface area contributed by atoms with Gasteiger partial charge in [-0.1, -0.05) is 18.7 Å². The normalized spacial score (nSPS) is 16.4. The third-order valence-electron chi connectivity index (χ3n) is 4.48. The number of rotatable bonds is 7. The highest BCUT2D eigenvalue weighted by Gasteiger charge is 2.31. The van der Waals surface area contributed by atoms with Crippen LogP contribution in [-0.4, -0.2) is 24.2 Å². The van der Waals surface area contributed by atoms with Crippen LogP contribution in [-0.2, 0) is 6.54 Å². The number of methoxy groups -OCH3 is 1. The van der Waals surface area contributed by atoms with Crippen molar-refractivity contribution in [2.24, 2.45) is 4.99 Å². The van der Waals surface area contributed by atoms with Gasteiger partial charge in [0.2, 0.25) is 0 Å². The molecule has 0 saturated heterocycles. The first-order valence-electron chi connectivity index (χ1n) is 9.39. The van der Waals surface area contributed by atoms with Crippen LogP contribution in [0.2, 0.25) is 0 Å². The van der Waals surface area contributed by atoms with E-state index >= 15 is 0 Å². The Morgan fingerprint density at radius 1 is 1.10 bits per heavy atom. The third-order valence-corrected chi connectivity index (χ3v) is 4.48. The summed E-state index contributed by atoms with van der Waals surface area (Å²) in [5.74, 6) is 1.23. The highest BCUT2D eigenvalue weighted by atomic mass is 19.4. The minimum atomic E-state index is -4.72. The molecule has 1 aliphatic rings. The molecule has 8 heteroatoms. The van der Waals surface area contributed by atoms with Gasteiger partial charge in [0.05, 0.1) is 7.11 Å². The number of halogens is 3. The molecule has 1 heterocycles. The molecule has 0 fully saturated rings. The molecule has 0 aliphatic carbocycles. The van der Waals surface area contributed by atoms with E-state index in [9.17, 15) is 13.2 Å². The Morgan fingerprint density at radius 3 is 2.32 bits per heavy atom. The number of anilines is 1. The maximum absolute atomic E-state index is 12.3. The third kappa shape index (κ3) is 5.91. The second-order valence-electron chi connectivity index (χ2n) is 6.66. The van der Waals surface area contributed by atoms with E-state index in [0.29, 0.717) is 18.1 Å². The van der Waals surface area contributed by atoms with Gasteiger partial charge in [-0.3, -0.25) is 0 Å². The zero-order valence-electron chi connectivity index (χ0n) is 17.1. The lowest BCUT2D eigenvalue weighted by Gasteiger charge is -2.19. The van der Waals surface area contributed by atoms with Gasteiger partial charge in [0.25, 0.3) is 0 Å². The average Bonchev–Trinajstić information content (AvgIpc) is 3.12. The van der Waals surface area contributed by atoms with E-state index in [0.717, 1.165) is 22.6 Å². The molecule has 0 saturated carbocycles. The summed E-state index contributed by atoms with van der Waals surface area (Å²) in [6.07, 6.45) is 0.605. The second-order valence-corrected chi connectivity index (χ2v) is 6.66. The number of nitrogens with zero attached hydrogens (tertiary/aromatic N) is 2. The first kappa shape index (κ1) is 22.0. The number of ether oxygens (including phenoxy) is 2. The van der Waals surface area contributed by atoms with E-state index in [1.807, 2.05) is 48.4 Å². The summed E-state index contributed by atoms with van der Waals surface area (Å²) in [4.78, 5) is 6.40. The van der Waals surface area contributed by atoms with Gasteiger partial charge in [-0.15, -0.1) is 13.2 Å². The lowest BCUT2D eigenvalue weighted by Crippen LogP contribution is -2.23. The Bertz CT molecular complexity index is 1010. The Labute approximate surface area is 178 Å². The maximum Gasteiger partial charge on any atom is 0.573 e. The van der Waals surface area contributed by atoms with Gasteiger partial charge in [0.15, 0.2) is 0 Å². The van der Waals surface area contributed by atoms with Crippen LogP contribution in [0.5, 0.6) is 11.5 Å². The number of hydrogen-bond donors (Lipinski definition) is 1. The molecule has 5 nitrogen and oxygen atoms in total. The Hall–Kier alpha value is -3.68. The second kappa shape index (κ2) is 9.42. The van der Waals surface area contributed by atoms with Gasteiger partial charge >= 0.3 is 6.36 Å². The molecule has 2 aromatic rings. The minimum absolute atomic E-state index is 0.274. The van der Waals surface area contributed by atoms with Crippen molar-refractivity contribution in [3.8, 4) is 11.5 Å². The lowest BCUT2D eigenvalue weighted by atomic mass is 10.1. The van der Waals surface area contributed by atoms with Crippen molar-refractivity contribution in [1.82, 2.24) is 4.90 Å². The first-order chi connectivity index (χ1) is 14.8. The van der Waals surface area contributed by atoms with E-state index < -0.39 is 6.36 Å². The van der Waals surface area contributed by atoms with Crippen LogP contribution in [0.3, 0.4) is 0 Å². The van der Waals surface area contributed by atoms with Crippen LogP contribution < -0.4 is 14.8 Å². The van der Waals surface area contributed by atoms with Crippen LogP contribution in [0.25, 0.3) is 0 Å². The molecule has 2 aromatic carbocycles. The predicted molar refractivity (Wildman–Crippen MR) is 115 cm³/mol. The SMILES string of the molecule is C=C/N=C1\C(=C(/C)Nc2ccc(OC(F)(F)F)cc2)C=CN1Cc1ccc(OC)cc1. The molecule has 0 amide bonds. The van der Waals surface area contributed by atoms with Crippen molar-refractivity contribution in [2.75, 3.05) is 12.4 Å². The summed E-state index contributed by atoms with van der Waals surface area (Å²) < 4.78 is 46.0. The van der Waals surface area contributed by atoms with Crippen molar-refractivity contribution < 1.29 is 22.6 Å². The summed E-state index contributed by atoms with van der Waals surface area (Å²) in [5.41, 5.74) is 3.34. The maximum atomic E-state index is 12.3. The molecule has 0 atom stereocenters. The fraction of sp³-hybridized carbons (Fsp3) is 0.174. The minimum Gasteiger partial charge on any atom is -0.497 e. The number of nitrogens with one attached hydrogen (secondary N) is 1. The molecule has 0 spiro atoms. The van der Waals surface area contributed by atoms with Crippen LogP contribution >= 0.6 is 0 Å². The van der Waals surface area contributed by atoms with Crippen LogP contribution in [0, 0.1) is 0 Å². The Morgan fingerprint density at radius 2 is 1.74 bits per heavy atom. The number of allylic oxidation sites excluding steroid dienone is 1. The highest BCUT2D eigenvalue weighted by molar-refractivity contribution is 6.05. The summed E-state index contributed by atoms with van der Waals surface area (Å²) in [6.45, 7) is 6.17. The van der Waals surface area contributed by atoms with Crippen LogP contribution in [0.1, 0.15) is 12.5 Å². The zero-order chi connectivity index (χ0) is 22.4. The molecule has 0 unspecified atom stereocenters. The fourth-order valence-corrected chi connectivity index (χ4v) is 3.07. The monoisotopic (exact) mass is 429 g/mol. The Kier molecular flexibility index (Phi) is 6.69. The van der Waals surface area contributed by atoms with Crippen LogP contribution in [0.4, 0.5) is 18.9 Å². The smallest absolute Gasteiger partial charge is 0.497 e. The van der Waals surface area contributed by atoms with E-state index in [4.69, 9.17) is 4.74 Å². The predicted octanol–water partition coefficient (Wildman–Crippen LogP) is 5.85. The quantitative estimate of drug-likeness (QED) is 0.600. The Balaban J connectivity index is 1.74. The number of benzene rings is 2. The van der Waals surface area contributed by atoms with Gasteiger partial charge in [0.1, 0.15) is 17.3 Å². The van der Waals surface area contributed by atoms with Gasteiger partial charge in [-0.25, -0.2) is 4.99 Å². The molecule has 3 rings (SSSR count). The standard InChI is InChI=1S/C23H22F3N3O2/c1-4-27-22-21(13-14-29(22)15-17-5-9-19(30-3)10-6-17)16(2)28-18-7-11-20(12-8-18)31-23(24,25)26/h4-14,28H,1,15H2,2-3H3/b21-16+,27-22+. The van der Waals surface area contributed by atoms with Crippen molar-refractivity contribution in [2.45, 2.75) is 19.8 Å². The van der Waals surface area contributed by atoms with Gasteiger partial charge in [-0.05, 0) is 55.0 Å². The van der Waals surface area contributed by atoms with Crippen LogP contribution in [0.15, 0.2) is 89.8 Å². The molecule has 1 N–H and O–H groups in total. The van der Waals surface area contributed by atoms with Crippen molar-refractivity contribution in [1.29, 1.82) is 0 Å². The lowest BCUT2D eigenvalue weighted by molar-refractivity contribution is -0.274. The van der Waals surface area contributed by atoms with Gasteiger partial charge in [0, 0.05) is 35.9 Å². The average molecular weight is 429 g/mol. The number of alkyl halides is 3. The summed E-state index contributed by atoms with van der Waals surface area (Å²) in [5, 5.41) is 3.19. The van der Waals surface area contributed by atoms with Gasteiger partial charge < -0.3 is 19.7 Å². The summed E-state index contributed by atoms with van der Waals surface area (Å²) >= 11 is 0. The number of aliphatic imine (C=N–C) groups is 1. The first-order valence-corrected chi connectivity index (χ1v) is 9.39. The number of amidine groups is 1. The molecule has 0 aromatic heterocycles. The molecule has 0 radical (unpaired) electrons. The molecular formula is C23H22F3N3O2. The zero-order valence-corrected chi connectivity index (χ0v) is 17.1. The number of hydrogen-bond acceptors (Lipinski definition) is 4. The molecule has 31 heavy (non-hydrogen) atoms. The molecular weight excluding hydrogens is 407 g/mol. The van der Waals surface area contributed by atoms with Crippen molar-refractivity contribution >= 4 is 11.5 Å². The molecule has 162 valence electrons. The van der Waals surface area contributed by atoms with E-state index in [1.165, 1.54) is 30.5 Å². The van der Waals surface area contributed by atoms with E-state index in [2.05, 4.69) is 21.6 Å². The van der Waals surface area contributed by atoms with Crippen molar-refractivity contribution in [3.63, 3.8) is 0 Å². The topological polar surface area (TPSA) is 46.1 Å². The van der Waals surface area contributed by atoms with E-state index in [1.54, 1.807) is 7.11 Å². The fourth-order valence-electron chi connectivity index (χ4n) is 3.07. The molecule has 0 bridgehead atoms.